The number of esters is 1. The molecule has 0 N–H and O–H groups in total. The highest BCUT2D eigenvalue weighted by Crippen LogP contribution is 2.36. The van der Waals surface area contributed by atoms with Gasteiger partial charge in [-0.05, 0) is 31.2 Å². The first-order valence-corrected chi connectivity index (χ1v) is 8.58. The number of carbonyl (C=O) groups excluding carboxylic acids is 3. The van der Waals surface area contributed by atoms with E-state index in [1.807, 2.05) is 6.92 Å². The number of imide groups is 1. The van der Waals surface area contributed by atoms with E-state index in [0.29, 0.717) is 11.6 Å². The Bertz CT molecular complexity index is 928. The number of hydrogen-bond acceptors (Lipinski definition) is 7. The lowest BCUT2D eigenvalue weighted by atomic mass is 10.1. The number of carbonyl (C=O) groups is 3. The van der Waals surface area contributed by atoms with E-state index in [-0.39, 0.29) is 5.82 Å². The van der Waals surface area contributed by atoms with Crippen molar-refractivity contribution < 1.29 is 23.5 Å². The molecule has 4 rings (SSSR count). The molecule has 1 aromatic carbocycles. The number of rotatable bonds is 3. The smallest absolute Gasteiger partial charge is 0.328 e. The second-order valence-corrected chi connectivity index (χ2v) is 6.67. The molecule has 1 saturated heterocycles. The molecule has 1 aromatic rings. The number of fused-ring (bicyclic) bond motifs is 3. The van der Waals surface area contributed by atoms with Crippen molar-refractivity contribution in [2.75, 3.05) is 25.6 Å². The van der Waals surface area contributed by atoms with Gasteiger partial charge in [-0.1, -0.05) is 0 Å². The molecule has 10 heteroatoms. The average molecular weight is 387 g/mol. The summed E-state index contributed by atoms with van der Waals surface area (Å²) in [7, 11) is 2.72. The minimum Gasteiger partial charge on any atom is -0.468 e. The van der Waals surface area contributed by atoms with E-state index in [0.717, 1.165) is 10.6 Å². The van der Waals surface area contributed by atoms with Crippen molar-refractivity contribution in [2.24, 2.45) is 4.99 Å². The van der Waals surface area contributed by atoms with Gasteiger partial charge in [0, 0.05) is 24.6 Å². The van der Waals surface area contributed by atoms with Gasteiger partial charge in [0.1, 0.15) is 12.4 Å². The lowest BCUT2D eigenvalue weighted by Crippen LogP contribution is -2.65. The fourth-order valence-corrected chi connectivity index (χ4v) is 3.60. The first kappa shape index (κ1) is 18.0. The van der Waals surface area contributed by atoms with Crippen molar-refractivity contribution in [3.8, 4) is 0 Å². The number of likely N-dealkylation sites (N-methyl/N-ethyl adjacent to an activating group) is 1. The van der Waals surface area contributed by atoms with Gasteiger partial charge in [0.2, 0.25) is 5.96 Å². The number of aliphatic imine (C=N–C) groups is 1. The minimum atomic E-state index is -0.789. The maximum atomic E-state index is 13.3. The SMILES string of the molecule is COC(=O)CN1C(=O)C2C(N=C3N(c4ccc(F)cc4)C(C)=CN32)N(C)C1=O. The molecule has 3 heterocycles. The van der Waals surface area contributed by atoms with Crippen LogP contribution in [0.4, 0.5) is 14.9 Å². The summed E-state index contributed by atoms with van der Waals surface area (Å²) in [6.45, 7) is 1.38. The molecule has 28 heavy (non-hydrogen) atoms. The predicted octanol–water partition coefficient (Wildman–Crippen LogP) is 0.940. The first-order valence-electron chi connectivity index (χ1n) is 8.58. The third-order valence-corrected chi connectivity index (χ3v) is 4.99. The van der Waals surface area contributed by atoms with Crippen LogP contribution in [0.1, 0.15) is 6.92 Å². The van der Waals surface area contributed by atoms with Gasteiger partial charge in [-0.3, -0.25) is 19.4 Å². The largest absolute Gasteiger partial charge is 0.468 e. The Labute approximate surface area is 160 Å². The van der Waals surface area contributed by atoms with Crippen LogP contribution in [0.3, 0.4) is 0 Å². The van der Waals surface area contributed by atoms with E-state index in [9.17, 15) is 18.8 Å². The summed E-state index contributed by atoms with van der Waals surface area (Å²) in [4.78, 5) is 47.5. The summed E-state index contributed by atoms with van der Waals surface area (Å²) in [6, 6.07) is 4.50. The third-order valence-electron chi connectivity index (χ3n) is 4.99. The van der Waals surface area contributed by atoms with Gasteiger partial charge < -0.3 is 14.5 Å². The van der Waals surface area contributed by atoms with Crippen LogP contribution < -0.4 is 4.90 Å². The topological polar surface area (TPSA) is 85.8 Å². The van der Waals surface area contributed by atoms with Crippen LogP contribution >= 0.6 is 0 Å². The van der Waals surface area contributed by atoms with E-state index in [1.54, 1.807) is 28.1 Å². The van der Waals surface area contributed by atoms with E-state index < -0.39 is 36.7 Å². The Morgan fingerprint density at radius 2 is 1.93 bits per heavy atom. The standard InChI is InChI=1S/C18H18FN5O4/c1-10-8-22-14-15(20-17(22)24(10)12-6-4-11(19)5-7-12)21(2)18(27)23(16(14)26)9-13(25)28-3/h4-8,14-15H,9H2,1-3H3. The summed E-state index contributed by atoms with van der Waals surface area (Å²) >= 11 is 0. The number of hydrogen-bond donors (Lipinski definition) is 0. The number of ether oxygens (including phenoxy) is 1. The number of allylic oxidation sites excluding steroid dienone is 1. The van der Waals surface area contributed by atoms with Crippen molar-refractivity contribution in [2.45, 2.75) is 19.1 Å². The monoisotopic (exact) mass is 387 g/mol. The van der Waals surface area contributed by atoms with Crippen LogP contribution in [0.5, 0.6) is 0 Å². The Kier molecular flexibility index (Phi) is 4.06. The van der Waals surface area contributed by atoms with Gasteiger partial charge in [-0.2, -0.15) is 0 Å². The van der Waals surface area contributed by atoms with E-state index >= 15 is 0 Å². The van der Waals surface area contributed by atoms with Gasteiger partial charge >= 0.3 is 12.0 Å². The molecule has 2 unspecified atom stereocenters. The fourth-order valence-electron chi connectivity index (χ4n) is 3.60. The van der Waals surface area contributed by atoms with Crippen LogP contribution in [0, 0.1) is 5.82 Å². The Hall–Kier alpha value is -3.43. The maximum absolute atomic E-state index is 13.3. The summed E-state index contributed by atoms with van der Waals surface area (Å²) in [5.74, 6) is -1.11. The molecule has 0 bridgehead atoms. The number of amides is 3. The lowest BCUT2D eigenvalue weighted by molar-refractivity contribution is -0.148. The molecule has 0 radical (unpaired) electrons. The van der Waals surface area contributed by atoms with E-state index in [4.69, 9.17) is 0 Å². The lowest BCUT2D eigenvalue weighted by Gasteiger charge is -2.39. The van der Waals surface area contributed by atoms with E-state index in [1.165, 1.54) is 31.2 Å². The highest BCUT2D eigenvalue weighted by molar-refractivity contribution is 6.10. The molecule has 0 aliphatic carbocycles. The van der Waals surface area contributed by atoms with E-state index in [2.05, 4.69) is 9.73 Å². The number of nitrogens with zero attached hydrogens (tertiary/aromatic N) is 5. The molecular weight excluding hydrogens is 369 g/mol. The van der Waals surface area contributed by atoms with Crippen LogP contribution in [-0.2, 0) is 14.3 Å². The summed E-state index contributed by atoms with van der Waals surface area (Å²) in [5.41, 5.74) is 1.47. The highest BCUT2D eigenvalue weighted by Gasteiger charge is 2.54. The molecule has 0 saturated carbocycles. The first-order chi connectivity index (χ1) is 13.3. The molecule has 1 fully saturated rings. The number of anilines is 1. The number of benzene rings is 1. The third kappa shape index (κ3) is 2.52. The maximum Gasteiger partial charge on any atom is 0.328 e. The number of urea groups is 1. The van der Waals surface area contributed by atoms with Crippen molar-refractivity contribution >= 4 is 29.6 Å². The Morgan fingerprint density at radius 3 is 2.57 bits per heavy atom. The predicted molar refractivity (Wildman–Crippen MR) is 96.4 cm³/mol. The molecule has 9 nitrogen and oxygen atoms in total. The zero-order valence-electron chi connectivity index (χ0n) is 15.5. The molecule has 0 aromatic heterocycles. The minimum absolute atomic E-state index is 0.359. The molecule has 146 valence electrons. The van der Waals surface area contributed by atoms with Crippen molar-refractivity contribution in [1.82, 2.24) is 14.7 Å². The van der Waals surface area contributed by atoms with Gasteiger partial charge in [-0.25, -0.2) is 14.2 Å². The second kappa shape index (κ2) is 6.32. The number of halogens is 1. The number of methoxy groups -OCH3 is 1. The molecule has 0 spiro atoms. The second-order valence-electron chi connectivity index (χ2n) is 6.67. The molecule has 3 aliphatic rings. The van der Waals surface area contributed by atoms with Gasteiger partial charge in [0.25, 0.3) is 5.91 Å². The van der Waals surface area contributed by atoms with Gasteiger partial charge in [-0.15, -0.1) is 0 Å². The zero-order chi connectivity index (χ0) is 20.2. The summed E-state index contributed by atoms with van der Waals surface area (Å²) in [5, 5.41) is 0. The van der Waals surface area contributed by atoms with Crippen LogP contribution in [0.2, 0.25) is 0 Å². The summed E-state index contributed by atoms with van der Waals surface area (Å²) in [6.07, 6.45) is 1.03. The van der Waals surface area contributed by atoms with Crippen molar-refractivity contribution in [3.63, 3.8) is 0 Å². The molecular formula is C18H18FN5O4. The zero-order valence-corrected chi connectivity index (χ0v) is 15.5. The number of guanidine groups is 1. The van der Waals surface area contributed by atoms with Crippen molar-refractivity contribution in [1.29, 1.82) is 0 Å². The Morgan fingerprint density at radius 1 is 1.25 bits per heavy atom. The van der Waals surface area contributed by atoms with Crippen LogP contribution in [0.15, 0.2) is 41.2 Å². The Balaban J connectivity index is 1.69. The average Bonchev–Trinajstić information content (AvgIpc) is 3.18. The van der Waals surface area contributed by atoms with Crippen molar-refractivity contribution in [3.05, 3.63) is 42.0 Å². The fraction of sp³-hybridized carbons (Fsp3) is 0.333. The van der Waals surface area contributed by atoms with Crippen LogP contribution in [-0.4, -0.2) is 71.5 Å². The van der Waals surface area contributed by atoms with Gasteiger partial charge in [0.05, 0.1) is 7.11 Å². The molecule has 3 amide bonds. The van der Waals surface area contributed by atoms with Crippen LogP contribution in [0.25, 0.3) is 0 Å². The molecule has 2 atom stereocenters. The normalized spacial score (nSPS) is 23.6. The quantitative estimate of drug-likeness (QED) is 0.718. The summed E-state index contributed by atoms with van der Waals surface area (Å²) < 4.78 is 17.9. The van der Waals surface area contributed by atoms with Gasteiger partial charge in [0.15, 0.2) is 12.2 Å². The molecule has 3 aliphatic heterocycles. The highest BCUT2D eigenvalue weighted by atomic mass is 19.1.